The molecule has 20 heavy (non-hydrogen) atoms. The highest BCUT2D eigenvalue weighted by Crippen LogP contribution is 2.26. The third-order valence-corrected chi connectivity index (χ3v) is 5.01. The highest BCUT2D eigenvalue weighted by molar-refractivity contribution is 7.89. The van der Waals surface area contributed by atoms with Crippen molar-refractivity contribution in [2.24, 2.45) is 0 Å². The molecule has 1 aromatic heterocycles. The van der Waals surface area contributed by atoms with Crippen LogP contribution in [0.25, 0.3) is 0 Å². The van der Waals surface area contributed by atoms with E-state index < -0.39 is 10.0 Å². The van der Waals surface area contributed by atoms with Gasteiger partial charge >= 0.3 is 0 Å². The van der Waals surface area contributed by atoms with E-state index in [-0.39, 0.29) is 17.1 Å². The van der Waals surface area contributed by atoms with Gasteiger partial charge in [-0.2, -0.15) is 4.31 Å². The van der Waals surface area contributed by atoms with Crippen molar-refractivity contribution in [3.05, 3.63) is 18.5 Å². The van der Waals surface area contributed by atoms with E-state index in [2.05, 4.69) is 10.3 Å². The summed E-state index contributed by atoms with van der Waals surface area (Å²) in [6.45, 7) is 7.08. The van der Waals surface area contributed by atoms with Crippen molar-refractivity contribution < 1.29 is 13.2 Å². The lowest BCUT2D eigenvalue weighted by molar-refractivity contribution is -0.0440. The first-order chi connectivity index (χ1) is 9.45. The molecule has 1 aromatic rings. The van der Waals surface area contributed by atoms with Gasteiger partial charge in [0.15, 0.2) is 0 Å². The molecule has 1 aliphatic heterocycles. The van der Waals surface area contributed by atoms with Gasteiger partial charge in [0.25, 0.3) is 0 Å². The van der Waals surface area contributed by atoms with Crippen molar-refractivity contribution in [3.63, 3.8) is 0 Å². The minimum atomic E-state index is -3.55. The van der Waals surface area contributed by atoms with E-state index in [1.54, 1.807) is 12.3 Å². The van der Waals surface area contributed by atoms with Crippen molar-refractivity contribution in [2.45, 2.75) is 37.9 Å². The highest BCUT2D eigenvalue weighted by atomic mass is 32.2. The molecule has 2 atom stereocenters. The van der Waals surface area contributed by atoms with Crippen LogP contribution in [0.2, 0.25) is 0 Å². The minimum absolute atomic E-state index is 0.104. The van der Waals surface area contributed by atoms with E-state index in [4.69, 9.17) is 4.74 Å². The van der Waals surface area contributed by atoms with E-state index in [0.29, 0.717) is 25.3 Å². The van der Waals surface area contributed by atoms with E-state index in [0.717, 1.165) is 0 Å². The predicted octanol–water partition coefficient (Wildman–Crippen LogP) is 1.31. The number of nitrogens with zero attached hydrogens (tertiary/aromatic N) is 2. The SMILES string of the molecule is CCNc1ccncc1S(=O)(=O)N1C[C@@H](C)O[C@@H](C)C1. The van der Waals surface area contributed by atoms with Crippen LogP contribution in [0, 0.1) is 0 Å². The van der Waals surface area contributed by atoms with Gasteiger partial charge < -0.3 is 10.1 Å². The fraction of sp³-hybridized carbons (Fsp3) is 0.615. The first-order valence-corrected chi connectivity index (χ1v) is 8.22. The van der Waals surface area contributed by atoms with Gasteiger partial charge in [-0.1, -0.05) is 0 Å². The van der Waals surface area contributed by atoms with Gasteiger partial charge in [0, 0.05) is 32.0 Å². The molecule has 1 fully saturated rings. The summed E-state index contributed by atoms with van der Waals surface area (Å²) >= 11 is 0. The highest BCUT2D eigenvalue weighted by Gasteiger charge is 2.33. The third-order valence-electron chi connectivity index (χ3n) is 3.16. The zero-order valence-corrected chi connectivity index (χ0v) is 12.9. The van der Waals surface area contributed by atoms with Crippen LogP contribution in [0.1, 0.15) is 20.8 Å². The number of hydrogen-bond acceptors (Lipinski definition) is 5. The molecule has 0 unspecified atom stereocenters. The maximum Gasteiger partial charge on any atom is 0.246 e. The molecule has 112 valence electrons. The number of rotatable bonds is 4. The summed E-state index contributed by atoms with van der Waals surface area (Å²) in [6.07, 6.45) is 2.78. The van der Waals surface area contributed by atoms with Crippen LogP contribution < -0.4 is 5.32 Å². The number of hydrogen-bond donors (Lipinski definition) is 1. The van der Waals surface area contributed by atoms with E-state index >= 15 is 0 Å². The Hall–Kier alpha value is -1.18. The summed E-state index contributed by atoms with van der Waals surface area (Å²) in [5.74, 6) is 0. The number of sulfonamides is 1. The third kappa shape index (κ3) is 3.11. The molecule has 0 spiro atoms. The van der Waals surface area contributed by atoms with Gasteiger partial charge in [-0.3, -0.25) is 4.98 Å². The molecule has 7 heteroatoms. The minimum Gasteiger partial charge on any atom is -0.384 e. The quantitative estimate of drug-likeness (QED) is 0.907. The average molecular weight is 299 g/mol. The second-order valence-electron chi connectivity index (χ2n) is 4.98. The molecule has 6 nitrogen and oxygen atoms in total. The van der Waals surface area contributed by atoms with Gasteiger partial charge in [0.05, 0.1) is 17.9 Å². The summed E-state index contributed by atoms with van der Waals surface area (Å²) in [7, 11) is -3.55. The largest absolute Gasteiger partial charge is 0.384 e. The molecule has 2 heterocycles. The van der Waals surface area contributed by atoms with Crippen molar-refractivity contribution in [2.75, 3.05) is 25.0 Å². The summed E-state index contributed by atoms with van der Waals surface area (Å²) < 4.78 is 32.6. The van der Waals surface area contributed by atoms with E-state index in [9.17, 15) is 8.42 Å². The van der Waals surface area contributed by atoms with Crippen molar-refractivity contribution in [1.29, 1.82) is 0 Å². The molecular weight excluding hydrogens is 278 g/mol. The smallest absolute Gasteiger partial charge is 0.246 e. The van der Waals surface area contributed by atoms with Gasteiger partial charge in [-0.15, -0.1) is 0 Å². The molecule has 1 N–H and O–H groups in total. The number of anilines is 1. The summed E-state index contributed by atoms with van der Waals surface area (Å²) in [4.78, 5) is 4.17. The maximum absolute atomic E-state index is 12.8. The lowest BCUT2D eigenvalue weighted by Crippen LogP contribution is -2.48. The Morgan fingerprint density at radius 3 is 2.65 bits per heavy atom. The lowest BCUT2D eigenvalue weighted by Gasteiger charge is -2.34. The molecule has 0 radical (unpaired) electrons. The number of ether oxygens (including phenoxy) is 1. The fourth-order valence-corrected chi connectivity index (χ4v) is 4.09. The first kappa shape index (κ1) is 15.2. The maximum atomic E-state index is 12.8. The number of morpholine rings is 1. The Labute approximate surface area is 120 Å². The summed E-state index contributed by atoms with van der Waals surface area (Å²) in [6, 6.07) is 1.68. The second-order valence-corrected chi connectivity index (χ2v) is 6.89. The molecular formula is C13H21N3O3S. The topological polar surface area (TPSA) is 71.5 Å². The Balaban J connectivity index is 2.35. The predicted molar refractivity (Wildman–Crippen MR) is 77.2 cm³/mol. The van der Waals surface area contributed by atoms with Crippen LogP contribution in [0.3, 0.4) is 0 Å². The van der Waals surface area contributed by atoms with Gasteiger partial charge in [0.1, 0.15) is 4.90 Å². The van der Waals surface area contributed by atoms with Crippen LogP contribution in [0.4, 0.5) is 5.69 Å². The van der Waals surface area contributed by atoms with Crippen LogP contribution in [0.15, 0.2) is 23.4 Å². The lowest BCUT2D eigenvalue weighted by atomic mass is 10.3. The molecule has 0 aliphatic carbocycles. The van der Waals surface area contributed by atoms with Crippen molar-refractivity contribution in [3.8, 4) is 0 Å². The van der Waals surface area contributed by atoms with Gasteiger partial charge in [-0.05, 0) is 26.8 Å². The van der Waals surface area contributed by atoms with Crippen LogP contribution in [0.5, 0.6) is 0 Å². The summed E-state index contributed by atoms with van der Waals surface area (Å²) in [5, 5.41) is 3.07. The van der Waals surface area contributed by atoms with Crippen molar-refractivity contribution >= 4 is 15.7 Å². The normalized spacial score (nSPS) is 24.6. The number of aromatic nitrogens is 1. The summed E-state index contributed by atoms with van der Waals surface area (Å²) in [5.41, 5.74) is 0.592. The second kappa shape index (κ2) is 6.07. The van der Waals surface area contributed by atoms with Crippen LogP contribution in [-0.2, 0) is 14.8 Å². The Morgan fingerprint density at radius 1 is 1.40 bits per heavy atom. The van der Waals surface area contributed by atoms with Gasteiger partial charge in [0.2, 0.25) is 10.0 Å². The molecule has 0 amide bonds. The average Bonchev–Trinajstić information content (AvgIpc) is 2.38. The molecule has 2 rings (SSSR count). The molecule has 1 aliphatic rings. The monoisotopic (exact) mass is 299 g/mol. The van der Waals surface area contributed by atoms with E-state index in [1.165, 1.54) is 10.5 Å². The van der Waals surface area contributed by atoms with Crippen molar-refractivity contribution in [1.82, 2.24) is 9.29 Å². The molecule has 0 aromatic carbocycles. The first-order valence-electron chi connectivity index (χ1n) is 6.78. The number of nitrogens with one attached hydrogen (secondary N) is 1. The van der Waals surface area contributed by atoms with E-state index in [1.807, 2.05) is 20.8 Å². The Kier molecular flexibility index (Phi) is 4.62. The van der Waals surface area contributed by atoms with Crippen LogP contribution >= 0.6 is 0 Å². The molecule has 0 bridgehead atoms. The zero-order valence-electron chi connectivity index (χ0n) is 12.0. The molecule has 0 saturated carbocycles. The Bertz CT molecular complexity index is 552. The number of pyridine rings is 1. The fourth-order valence-electron chi connectivity index (χ4n) is 2.39. The standard InChI is InChI=1S/C13H21N3O3S/c1-4-15-12-5-6-14-7-13(12)20(17,18)16-8-10(2)19-11(3)9-16/h5-7,10-11H,4,8-9H2,1-3H3,(H,14,15)/t10-,11+. The zero-order chi connectivity index (χ0) is 14.8. The Morgan fingerprint density at radius 2 is 2.05 bits per heavy atom. The molecule has 1 saturated heterocycles. The van der Waals surface area contributed by atoms with Crippen LogP contribution in [-0.4, -0.2) is 49.5 Å². The van der Waals surface area contributed by atoms with Gasteiger partial charge in [-0.25, -0.2) is 8.42 Å².